The molecule has 0 spiro atoms. The first-order valence-electron chi connectivity index (χ1n) is 4.38. The summed E-state index contributed by atoms with van der Waals surface area (Å²) in [5, 5.41) is 10.5. The minimum atomic E-state index is -0.366. The monoisotopic (exact) mass is 195 g/mol. The number of nitro benzene ring substituents is 1. The fraction of sp³-hybridized carbons (Fsp3) is 0.400. The smallest absolute Gasteiger partial charge is 0.272 e. The summed E-state index contributed by atoms with van der Waals surface area (Å²) in [6.07, 6.45) is 0.787. The number of methoxy groups -OCH3 is 1. The van der Waals surface area contributed by atoms with Gasteiger partial charge in [-0.25, -0.2) is 0 Å². The van der Waals surface area contributed by atoms with Gasteiger partial charge in [0.25, 0.3) is 5.69 Å². The molecule has 0 bridgehead atoms. The van der Waals surface area contributed by atoms with Crippen LogP contribution < -0.4 is 0 Å². The van der Waals surface area contributed by atoms with Crippen LogP contribution in [0.1, 0.15) is 11.1 Å². The molecule has 4 nitrogen and oxygen atoms in total. The average molecular weight is 195 g/mol. The molecule has 0 heterocycles. The molecule has 0 aromatic heterocycles. The molecule has 76 valence electrons. The third-order valence-electron chi connectivity index (χ3n) is 2.05. The van der Waals surface area contributed by atoms with E-state index in [1.165, 1.54) is 0 Å². The van der Waals surface area contributed by atoms with E-state index in [0.717, 1.165) is 12.0 Å². The van der Waals surface area contributed by atoms with Crippen LogP contribution in [0.4, 0.5) is 5.69 Å². The molecule has 0 fully saturated rings. The van der Waals surface area contributed by atoms with Gasteiger partial charge in [-0.3, -0.25) is 10.1 Å². The van der Waals surface area contributed by atoms with Gasteiger partial charge < -0.3 is 4.74 Å². The lowest BCUT2D eigenvalue weighted by Crippen LogP contribution is -1.97. The van der Waals surface area contributed by atoms with Gasteiger partial charge in [-0.1, -0.05) is 6.07 Å². The molecule has 0 saturated carbocycles. The van der Waals surface area contributed by atoms with E-state index >= 15 is 0 Å². The fourth-order valence-electron chi connectivity index (χ4n) is 1.30. The first kappa shape index (κ1) is 10.7. The second kappa shape index (κ2) is 4.72. The van der Waals surface area contributed by atoms with Crippen molar-refractivity contribution in [1.82, 2.24) is 0 Å². The fourth-order valence-corrected chi connectivity index (χ4v) is 1.30. The van der Waals surface area contributed by atoms with Gasteiger partial charge in [-0.05, 0) is 25.0 Å². The van der Waals surface area contributed by atoms with E-state index in [9.17, 15) is 10.1 Å². The van der Waals surface area contributed by atoms with Crippen LogP contribution in [-0.2, 0) is 11.2 Å². The molecule has 0 amide bonds. The van der Waals surface area contributed by atoms with Crippen LogP contribution in [0.3, 0.4) is 0 Å². The van der Waals surface area contributed by atoms with Gasteiger partial charge in [-0.15, -0.1) is 0 Å². The van der Waals surface area contributed by atoms with Crippen LogP contribution in [0.15, 0.2) is 18.2 Å². The SMILES string of the molecule is COCCc1ccc([N+](=O)[O-])c(C)c1. The summed E-state index contributed by atoms with van der Waals surface area (Å²) in [6, 6.07) is 5.14. The summed E-state index contributed by atoms with van der Waals surface area (Å²) in [5.74, 6) is 0. The third kappa shape index (κ3) is 2.53. The number of hydrogen-bond donors (Lipinski definition) is 0. The maximum absolute atomic E-state index is 10.5. The van der Waals surface area contributed by atoms with E-state index < -0.39 is 0 Å². The first-order chi connectivity index (χ1) is 6.65. The molecule has 0 N–H and O–H groups in total. The molecule has 0 aliphatic heterocycles. The van der Waals surface area contributed by atoms with E-state index in [2.05, 4.69) is 0 Å². The van der Waals surface area contributed by atoms with Crippen molar-refractivity contribution in [2.24, 2.45) is 0 Å². The van der Waals surface area contributed by atoms with Gasteiger partial charge in [0.1, 0.15) is 0 Å². The topological polar surface area (TPSA) is 52.4 Å². The predicted molar refractivity (Wildman–Crippen MR) is 53.4 cm³/mol. The number of nitrogens with zero attached hydrogens (tertiary/aromatic N) is 1. The molecular formula is C10H13NO3. The van der Waals surface area contributed by atoms with Crippen LogP contribution in [-0.4, -0.2) is 18.6 Å². The Kier molecular flexibility index (Phi) is 3.59. The quantitative estimate of drug-likeness (QED) is 0.546. The molecule has 14 heavy (non-hydrogen) atoms. The highest BCUT2D eigenvalue weighted by atomic mass is 16.6. The Hall–Kier alpha value is -1.42. The predicted octanol–water partition coefficient (Wildman–Crippen LogP) is 2.09. The Morgan fingerprint density at radius 1 is 1.50 bits per heavy atom. The Morgan fingerprint density at radius 2 is 2.21 bits per heavy atom. The summed E-state index contributed by atoms with van der Waals surface area (Å²) in [5.41, 5.74) is 1.93. The second-order valence-corrected chi connectivity index (χ2v) is 3.12. The molecule has 0 aliphatic carbocycles. The summed E-state index contributed by atoms with van der Waals surface area (Å²) in [4.78, 5) is 10.2. The minimum Gasteiger partial charge on any atom is -0.384 e. The molecule has 1 aromatic rings. The highest BCUT2D eigenvalue weighted by Crippen LogP contribution is 2.18. The summed E-state index contributed by atoms with van der Waals surface area (Å²) in [7, 11) is 1.64. The lowest BCUT2D eigenvalue weighted by Gasteiger charge is -2.02. The van der Waals surface area contributed by atoms with Crippen LogP contribution >= 0.6 is 0 Å². The molecule has 4 heteroatoms. The third-order valence-corrected chi connectivity index (χ3v) is 2.05. The Balaban J connectivity index is 2.83. The Labute approximate surface area is 82.7 Å². The summed E-state index contributed by atoms with van der Waals surface area (Å²) < 4.78 is 4.93. The zero-order chi connectivity index (χ0) is 10.6. The Bertz CT molecular complexity index is 336. The van der Waals surface area contributed by atoms with E-state index in [1.807, 2.05) is 6.07 Å². The number of hydrogen-bond acceptors (Lipinski definition) is 3. The normalized spacial score (nSPS) is 10.1. The lowest BCUT2D eigenvalue weighted by atomic mass is 10.1. The molecule has 0 atom stereocenters. The van der Waals surface area contributed by atoms with E-state index in [4.69, 9.17) is 4.74 Å². The first-order valence-corrected chi connectivity index (χ1v) is 4.38. The van der Waals surface area contributed by atoms with Gasteiger partial charge in [0.2, 0.25) is 0 Å². The van der Waals surface area contributed by atoms with Gasteiger partial charge in [-0.2, -0.15) is 0 Å². The number of ether oxygens (including phenoxy) is 1. The number of nitro groups is 1. The number of benzene rings is 1. The van der Waals surface area contributed by atoms with Gasteiger partial charge in [0, 0.05) is 18.7 Å². The lowest BCUT2D eigenvalue weighted by molar-refractivity contribution is -0.385. The van der Waals surface area contributed by atoms with Gasteiger partial charge >= 0.3 is 0 Å². The van der Waals surface area contributed by atoms with Gasteiger partial charge in [0.05, 0.1) is 11.5 Å². The molecular weight excluding hydrogens is 182 g/mol. The van der Waals surface area contributed by atoms with E-state index in [1.54, 1.807) is 26.2 Å². The molecule has 0 saturated heterocycles. The highest BCUT2D eigenvalue weighted by Gasteiger charge is 2.09. The van der Waals surface area contributed by atoms with Crippen LogP contribution in [0.2, 0.25) is 0 Å². The molecule has 1 rings (SSSR count). The van der Waals surface area contributed by atoms with Crippen molar-refractivity contribution < 1.29 is 9.66 Å². The van der Waals surface area contributed by atoms with Crippen molar-refractivity contribution in [3.8, 4) is 0 Å². The highest BCUT2D eigenvalue weighted by molar-refractivity contribution is 5.41. The standard InChI is InChI=1S/C10H13NO3/c1-8-7-9(5-6-14-2)3-4-10(8)11(12)13/h3-4,7H,5-6H2,1-2H3. The van der Waals surface area contributed by atoms with Gasteiger partial charge in [0.15, 0.2) is 0 Å². The van der Waals surface area contributed by atoms with Crippen molar-refractivity contribution in [3.63, 3.8) is 0 Å². The van der Waals surface area contributed by atoms with Crippen molar-refractivity contribution in [2.75, 3.05) is 13.7 Å². The van der Waals surface area contributed by atoms with Crippen molar-refractivity contribution in [3.05, 3.63) is 39.4 Å². The molecule has 0 unspecified atom stereocenters. The molecule has 0 radical (unpaired) electrons. The average Bonchev–Trinajstić information content (AvgIpc) is 2.14. The van der Waals surface area contributed by atoms with Crippen LogP contribution in [0, 0.1) is 17.0 Å². The van der Waals surface area contributed by atoms with E-state index in [-0.39, 0.29) is 10.6 Å². The zero-order valence-electron chi connectivity index (χ0n) is 8.32. The molecule has 1 aromatic carbocycles. The summed E-state index contributed by atoms with van der Waals surface area (Å²) in [6.45, 7) is 2.38. The van der Waals surface area contributed by atoms with E-state index in [0.29, 0.717) is 12.2 Å². The maximum atomic E-state index is 10.5. The van der Waals surface area contributed by atoms with Crippen molar-refractivity contribution >= 4 is 5.69 Å². The molecule has 0 aliphatic rings. The van der Waals surface area contributed by atoms with Crippen molar-refractivity contribution in [1.29, 1.82) is 0 Å². The van der Waals surface area contributed by atoms with Crippen LogP contribution in [0.25, 0.3) is 0 Å². The summed E-state index contributed by atoms with van der Waals surface area (Å²) >= 11 is 0. The second-order valence-electron chi connectivity index (χ2n) is 3.12. The van der Waals surface area contributed by atoms with Crippen molar-refractivity contribution in [2.45, 2.75) is 13.3 Å². The Morgan fingerprint density at radius 3 is 2.71 bits per heavy atom. The minimum absolute atomic E-state index is 0.172. The largest absolute Gasteiger partial charge is 0.384 e. The number of aryl methyl sites for hydroxylation is 1. The zero-order valence-corrected chi connectivity index (χ0v) is 8.32. The number of rotatable bonds is 4. The maximum Gasteiger partial charge on any atom is 0.272 e. The van der Waals surface area contributed by atoms with Crippen LogP contribution in [0.5, 0.6) is 0 Å².